The number of benzene rings is 1. The van der Waals surface area contributed by atoms with E-state index < -0.39 is 4.92 Å². The van der Waals surface area contributed by atoms with Crippen LogP contribution in [0, 0.1) is 17.0 Å². The summed E-state index contributed by atoms with van der Waals surface area (Å²) in [5, 5.41) is 23.6. The Balaban J connectivity index is 1.95. The number of hydrogen-bond acceptors (Lipinski definition) is 7. The maximum Gasteiger partial charge on any atom is 0.430 e. The lowest BCUT2D eigenvalue weighted by Crippen LogP contribution is -2.40. The van der Waals surface area contributed by atoms with Crippen LogP contribution in [0.3, 0.4) is 0 Å². The van der Waals surface area contributed by atoms with E-state index in [1.54, 1.807) is 12.3 Å². The summed E-state index contributed by atoms with van der Waals surface area (Å²) in [6, 6.07) is 9.39. The van der Waals surface area contributed by atoms with Crippen molar-refractivity contribution in [3.63, 3.8) is 0 Å². The number of aryl methyl sites for hydroxylation is 2. The van der Waals surface area contributed by atoms with Crippen molar-refractivity contribution in [1.29, 1.82) is 0 Å². The number of pyridine rings is 1. The Morgan fingerprint density at radius 2 is 2.21 bits per heavy atom. The van der Waals surface area contributed by atoms with Gasteiger partial charge >= 0.3 is 5.82 Å². The van der Waals surface area contributed by atoms with Crippen LogP contribution in [-0.4, -0.2) is 27.9 Å². The molecule has 1 aromatic carbocycles. The van der Waals surface area contributed by atoms with Gasteiger partial charge in [0, 0.05) is 25.8 Å². The van der Waals surface area contributed by atoms with Crippen LogP contribution < -0.4 is 5.32 Å². The summed E-state index contributed by atoms with van der Waals surface area (Å²) in [4.78, 5) is 17.3. The first-order chi connectivity index (χ1) is 14.0. The Morgan fingerprint density at radius 3 is 2.90 bits per heavy atom. The van der Waals surface area contributed by atoms with Gasteiger partial charge in [0.2, 0.25) is 5.82 Å². The van der Waals surface area contributed by atoms with E-state index in [-0.39, 0.29) is 5.82 Å². The van der Waals surface area contributed by atoms with Gasteiger partial charge in [0.1, 0.15) is 10.8 Å². The summed E-state index contributed by atoms with van der Waals surface area (Å²) in [5.41, 5.74) is 3.52. The van der Waals surface area contributed by atoms with Crippen LogP contribution >= 0.6 is 11.6 Å². The quantitative estimate of drug-likeness (QED) is 0.323. The van der Waals surface area contributed by atoms with Crippen LogP contribution in [-0.2, 0) is 13.0 Å². The zero-order chi connectivity index (χ0) is 20.8. The smallest absolute Gasteiger partial charge is 0.364 e. The average molecular weight is 415 g/mol. The number of halogens is 1. The van der Waals surface area contributed by atoms with E-state index in [1.807, 2.05) is 43.0 Å². The molecule has 3 rings (SSSR count). The summed E-state index contributed by atoms with van der Waals surface area (Å²) in [7, 11) is 0. The minimum Gasteiger partial charge on any atom is -0.364 e. The van der Waals surface area contributed by atoms with Gasteiger partial charge in [-0.25, -0.2) is 4.98 Å². The fourth-order valence-electron chi connectivity index (χ4n) is 3.22. The molecule has 2 heterocycles. The van der Waals surface area contributed by atoms with Crippen molar-refractivity contribution in [2.75, 3.05) is 13.1 Å². The second-order valence-corrected chi connectivity index (χ2v) is 7.14. The second kappa shape index (κ2) is 9.47. The predicted molar refractivity (Wildman–Crippen MR) is 111 cm³/mol. The van der Waals surface area contributed by atoms with Gasteiger partial charge in [0.05, 0.1) is 5.11 Å². The summed E-state index contributed by atoms with van der Waals surface area (Å²) < 4.78 is 0. The van der Waals surface area contributed by atoms with E-state index in [4.69, 9.17) is 11.6 Å². The number of hydrogen-bond donors (Lipinski definition) is 1. The summed E-state index contributed by atoms with van der Waals surface area (Å²) in [6.45, 7) is 5.71. The Hall–Kier alpha value is -3.00. The van der Waals surface area contributed by atoms with Crippen molar-refractivity contribution in [2.24, 2.45) is 10.2 Å². The maximum atomic E-state index is 11.8. The molecular formula is C20H23ClN6O2. The van der Waals surface area contributed by atoms with Gasteiger partial charge < -0.3 is 20.3 Å². The van der Waals surface area contributed by atoms with Crippen LogP contribution in [0.5, 0.6) is 0 Å². The third-order valence-electron chi connectivity index (χ3n) is 4.71. The third kappa shape index (κ3) is 5.08. The molecule has 9 heteroatoms. The van der Waals surface area contributed by atoms with Crippen molar-refractivity contribution in [2.45, 2.75) is 33.2 Å². The summed E-state index contributed by atoms with van der Waals surface area (Å²) in [5.74, 6) is 0.0727. The van der Waals surface area contributed by atoms with Gasteiger partial charge in [-0.2, -0.15) is 0 Å². The van der Waals surface area contributed by atoms with E-state index in [9.17, 15) is 10.1 Å². The van der Waals surface area contributed by atoms with Crippen LogP contribution in [0.15, 0.2) is 58.4 Å². The summed E-state index contributed by atoms with van der Waals surface area (Å²) >= 11 is 5.85. The molecule has 2 aromatic rings. The van der Waals surface area contributed by atoms with Crippen molar-refractivity contribution in [1.82, 2.24) is 15.2 Å². The minimum absolute atomic E-state index is 0.295. The molecule has 0 amide bonds. The van der Waals surface area contributed by atoms with Crippen molar-refractivity contribution in [3.05, 3.63) is 80.1 Å². The van der Waals surface area contributed by atoms with Gasteiger partial charge in [-0.15, -0.1) is 0 Å². The Morgan fingerprint density at radius 1 is 1.38 bits per heavy atom. The SMILES string of the molecule is CCc1cccc(C)c1/N=N/C(=C1/NCCCN1Cc1ccc(Cl)nc1)[N+](=O)[O-]. The molecule has 1 aromatic heterocycles. The zero-order valence-corrected chi connectivity index (χ0v) is 17.2. The first kappa shape index (κ1) is 20.7. The molecule has 1 N–H and O–H groups in total. The van der Waals surface area contributed by atoms with E-state index >= 15 is 0 Å². The largest absolute Gasteiger partial charge is 0.430 e. The molecule has 29 heavy (non-hydrogen) atoms. The monoisotopic (exact) mass is 414 g/mol. The number of nitro groups is 1. The molecule has 0 spiro atoms. The highest BCUT2D eigenvalue weighted by atomic mass is 35.5. The molecule has 0 atom stereocenters. The Labute approximate surface area is 174 Å². The van der Waals surface area contributed by atoms with Gasteiger partial charge in [0.25, 0.3) is 0 Å². The molecule has 8 nitrogen and oxygen atoms in total. The lowest BCUT2D eigenvalue weighted by Gasteiger charge is -2.31. The number of nitrogens with zero attached hydrogens (tertiary/aromatic N) is 5. The van der Waals surface area contributed by atoms with Crippen molar-refractivity contribution >= 4 is 17.3 Å². The van der Waals surface area contributed by atoms with Gasteiger partial charge in [-0.3, -0.25) is 0 Å². The molecule has 0 saturated carbocycles. The molecule has 0 radical (unpaired) electrons. The molecular weight excluding hydrogens is 392 g/mol. The van der Waals surface area contributed by atoms with Crippen LogP contribution in [0.4, 0.5) is 5.69 Å². The van der Waals surface area contributed by atoms with Gasteiger partial charge in [-0.05, 0) is 52.6 Å². The fraction of sp³-hybridized carbons (Fsp3) is 0.350. The number of rotatable bonds is 6. The highest BCUT2D eigenvalue weighted by molar-refractivity contribution is 6.29. The number of nitrogens with one attached hydrogen (secondary N) is 1. The minimum atomic E-state index is -0.492. The number of aromatic nitrogens is 1. The predicted octanol–water partition coefficient (Wildman–Crippen LogP) is 4.59. The zero-order valence-electron chi connectivity index (χ0n) is 16.4. The molecule has 1 aliphatic heterocycles. The molecule has 0 aliphatic carbocycles. The molecule has 1 fully saturated rings. The van der Waals surface area contributed by atoms with Crippen molar-refractivity contribution < 1.29 is 4.92 Å². The van der Waals surface area contributed by atoms with E-state index in [1.165, 1.54) is 0 Å². The van der Waals surface area contributed by atoms with Gasteiger partial charge in [0.15, 0.2) is 0 Å². The number of azo groups is 1. The normalized spacial score (nSPS) is 16.0. The third-order valence-corrected chi connectivity index (χ3v) is 4.93. The highest BCUT2D eigenvalue weighted by Crippen LogP contribution is 2.26. The maximum absolute atomic E-state index is 11.8. The Kier molecular flexibility index (Phi) is 6.77. The summed E-state index contributed by atoms with van der Waals surface area (Å²) in [6.07, 6.45) is 3.31. The van der Waals surface area contributed by atoms with Crippen molar-refractivity contribution in [3.8, 4) is 0 Å². The lowest BCUT2D eigenvalue weighted by molar-refractivity contribution is -0.429. The standard InChI is InChI=1S/C20H23ClN6O2/c1-3-16-7-4-6-14(2)18(16)24-25-20(27(28)29)19-22-10-5-11-26(19)13-15-8-9-17(21)23-12-15/h4,6-9,12,22H,3,5,10-11,13H2,1-2H3/b20-19+,25-24+. The Bertz CT molecular complexity index is 942. The van der Waals surface area contributed by atoms with E-state index in [0.717, 1.165) is 29.5 Å². The average Bonchev–Trinajstić information content (AvgIpc) is 2.71. The van der Waals surface area contributed by atoms with Crippen LogP contribution in [0.25, 0.3) is 0 Å². The van der Waals surface area contributed by atoms with Crippen LogP contribution in [0.2, 0.25) is 5.15 Å². The van der Waals surface area contributed by atoms with E-state index in [2.05, 4.69) is 20.5 Å². The topological polar surface area (TPSA) is 96.0 Å². The van der Waals surface area contributed by atoms with Crippen LogP contribution in [0.1, 0.15) is 30.0 Å². The fourth-order valence-corrected chi connectivity index (χ4v) is 3.33. The molecule has 0 bridgehead atoms. The lowest BCUT2D eigenvalue weighted by atomic mass is 10.1. The molecule has 1 aliphatic rings. The first-order valence-corrected chi connectivity index (χ1v) is 9.85. The van der Waals surface area contributed by atoms with Gasteiger partial charge in [-0.1, -0.05) is 42.8 Å². The van der Waals surface area contributed by atoms with E-state index in [0.29, 0.717) is 36.3 Å². The highest BCUT2D eigenvalue weighted by Gasteiger charge is 2.27. The second-order valence-electron chi connectivity index (χ2n) is 6.76. The first-order valence-electron chi connectivity index (χ1n) is 9.47. The molecule has 152 valence electrons. The molecule has 1 saturated heterocycles. The molecule has 0 unspecified atom stereocenters.